The van der Waals surface area contributed by atoms with Crippen molar-refractivity contribution in [2.75, 3.05) is 0 Å². The molecule has 2 atom stereocenters. The van der Waals surface area contributed by atoms with E-state index < -0.39 is 29.6 Å². The molecule has 2 aliphatic rings. The summed E-state index contributed by atoms with van der Waals surface area (Å²) in [6, 6.07) is 2.17. The average molecular weight is 281 g/mol. The Morgan fingerprint density at radius 1 is 1.20 bits per heavy atom. The fourth-order valence-electron chi connectivity index (χ4n) is 2.90. The van der Waals surface area contributed by atoms with Gasteiger partial charge in [-0.15, -0.1) is 0 Å². The van der Waals surface area contributed by atoms with E-state index in [9.17, 15) is 23.5 Å². The van der Waals surface area contributed by atoms with Gasteiger partial charge in [0.05, 0.1) is 12.0 Å². The van der Waals surface area contributed by atoms with Gasteiger partial charge >= 0.3 is 5.97 Å². The van der Waals surface area contributed by atoms with Crippen molar-refractivity contribution in [1.82, 2.24) is 4.90 Å². The zero-order valence-corrected chi connectivity index (χ0v) is 10.6. The van der Waals surface area contributed by atoms with Gasteiger partial charge in [0.1, 0.15) is 11.6 Å². The Morgan fingerprint density at radius 2 is 1.80 bits per heavy atom. The topological polar surface area (TPSA) is 57.6 Å². The van der Waals surface area contributed by atoms with Crippen LogP contribution in [0, 0.1) is 17.6 Å². The predicted molar refractivity (Wildman–Crippen MR) is 64.7 cm³/mol. The number of halogens is 2. The van der Waals surface area contributed by atoms with Gasteiger partial charge in [-0.05, 0) is 30.5 Å². The van der Waals surface area contributed by atoms with E-state index in [-0.39, 0.29) is 23.9 Å². The molecule has 0 bridgehead atoms. The lowest BCUT2D eigenvalue weighted by molar-refractivity contribution is -0.142. The first-order valence-corrected chi connectivity index (χ1v) is 6.47. The second-order valence-electron chi connectivity index (χ2n) is 5.33. The third-order valence-corrected chi connectivity index (χ3v) is 3.85. The summed E-state index contributed by atoms with van der Waals surface area (Å²) < 4.78 is 26.7. The number of carboxylic acid groups (broad SMARTS) is 1. The van der Waals surface area contributed by atoms with E-state index in [1.165, 1.54) is 4.90 Å². The van der Waals surface area contributed by atoms with E-state index in [4.69, 9.17) is 0 Å². The van der Waals surface area contributed by atoms with Crippen LogP contribution in [0.5, 0.6) is 0 Å². The van der Waals surface area contributed by atoms with Gasteiger partial charge in [-0.3, -0.25) is 9.59 Å². The number of carboxylic acids is 1. The van der Waals surface area contributed by atoms with Crippen molar-refractivity contribution >= 4 is 11.9 Å². The van der Waals surface area contributed by atoms with Crippen LogP contribution in [-0.2, 0) is 9.59 Å². The summed E-state index contributed by atoms with van der Waals surface area (Å²) in [6.45, 7) is 0. The van der Waals surface area contributed by atoms with Gasteiger partial charge < -0.3 is 10.0 Å². The monoisotopic (exact) mass is 281 g/mol. The SMILES string of the molecule is O=C(O)C1CC(=O)N(C2CC2)C1c1cc(F)cc(F)c1. The van der Waals surface area contributed by atoms with E-state index in [0.717, 1.165) is 31.0 Å². The van der Waals surface area contributed by atoms with Crippen LogP contribution in [-0.4, -0.2) is 27.9 Å². The number of rotatable bonds is 3. The molecular formula is C14H13F2NO3. The molecule has 0 aromatic heterocycles. The molecule has 1 aromatic rings. The Kier molecular flexibility index (Phi) is 2.96. The number of carbonyl (C=O) groups excluding carboxylic acids is 1. The highest BCUT2D eigenvalue weighted by atomic mass is 19.1. The van der Waals surface area contributed by atoms with Crippen LogP contribution in [0.25, 0.3) is 0 Å². The third-order valence-electron chi connectivity index (χ3n) is 3.85. The number of aliphatic carboxylic acids is 1. The molecule has 1 N–H and O–H groups in total. The molecule has 2 fully saturated rings. The minimum Gasteiger partial charge on any atom is -0.481 e. The van der Waals surface area contributed by atoms with Crippen molar-refractivity contribution in [1.29, 1.82) is 0 Å². The zero-order chi connectivity index (χ0) is 14.4. The lowest BCUT2D eigenvalue weighted by Crippen LogP contribution is -2.32. The molecule has 4 nitrogen and oxygen atoms in total. The standard InChI is InChI=1S/C14H13F2NO3/c15-8-3-7(4-9(16)5-8)13-11(14(19)20)6-12(18)17(13)10-1-2-10/h3-5,10-11,13H,1-2,6H2,(H,19,20). The van der Waals surface area contributed by atoms with Crippen LogP contribution in [0.1, 0.15) is 30.9 Å². The molecular weight excluding hydrogens is 268 g/mol. The van der Waals surface area contributed by atoms with Crippen molar-refractivity contribution in [2.24, 2.45) is 5.92 Å². The Labute approximate surface area is 114 Å². The van der Waals surface area contributed by atoms with E-state index in [1.54, 1.807) is 0 Å². The molecule has 0 radical (unpaired) electrons. The van der Waals surface area contributed by atoms with Crippen LogP contribution in [0.4, 0.5) is 8.78 Å². The first kappa shape index (κ1) is 13.0. The molecule has 106 valence electrons. The summed E-state index contributed by atoms with van der Waals surface area (Å²) in [5.41, 5.74) is 0.215. The van der Waals surface area contributed by atoms with E-state index in [0.29, 0.717) is 0 Å². The summed E-state index contributed by atoms with van der Waals surface area (Å²) in [4.78, 5) is 24.8. The highest BCUT2D eigenvalue weighted by Gasteiger charge is 2.50. The maximum Gasteiger partial charge on any atom is 0.309 e. The van der Waals surface area contributed by atoms with Gasteiger partial charge in [-0.1, -0.05) is 0 Å². The van der Waals surface area contributed by atoms with Crippen LogP contribution >= 0.6 is 0 Å². The normalized spacial score (nSPS) is 26.1. The number of amides is 1. The van der Waals surface area contributed by atoms with E-state index >= 15 is 0 Å². The number of benzene rings is 1. The molecule has 0 spiro atoms. The van der Waals surface area contributed by atoms with E-state index in [2.05, 4.69) is 0 Å². The Balaban J connectivity index is 2.04. The smallest absolute Gasteiger partial charge is 0.309 e. The van der Waals surface area contributed by atoms with Gasteiger partial charge in [0.15, 0.2) is 0 Å². The van der Waals surface area contributed by atoms with Crippen molar-refractivity contribution in [3.05, 3.63) is 35.4 Å². The minimum absolute atomic E-state index is 0.00294. The Morgan fingerprint density at radius 3 is 2.30 bits per heavy atom. The number of nitrogens with zero attached hydrogens (tertiary/aromatic N) is 1. The first-order valence-electron chi connectivity index (χ1n) is 6.47. The summed E-state index contributed by atoms with van der Waals surface area (Å²) in [5, 5.41) is 9.25. The first-order chi connectivity index (χ1) is 9.47. The van der Waals surface area contributed by atoms with Gasteiger partial charge in [0.25, 0.3) is 0 Å². The summed E-state index contributed by atoms with van der Waals surface area (Å²) >= 11 is 0. The quantitative estimate of drug-likeness (QED) is 0.923. The molecule has 1 aromatic carbocycles. The molecule has 3 rings (SSSR count). The fourth-order valence-corrected chi connectivity index (χ4v) is 2.90. The lowest BCUT2D eigenvalue weighted by Gasteiger charge is -2.27. The van der Waals surface area contributed by atoms with Crippen molar-refractivity contribution < 1.29 is 23.5 Å². The molecule has 1 amide bonds. The maximum atomic E-state index is 13.4. The van der Waals surface area contributed by atoms with Crippen LogP contribution in [0.2, 0.25) is 0 Å². The van der Waals surface area contributed by atoms with Crippen molar-refractivity contribution in [3.8, 4) is 0 Å². The van der Waals surface area contributed by atoms with Crippen LogP contribution < -0.4 is 0 Å². The molecule has 1 aliphatic carbocycles. The predicted octanol–water partition coefficient (Wildman–Crippen LogP) is 2.10. The van der Waals surface area contributed by atoms with Gasteiger partial charge in [0.2, 0.25) is 5.91 Å². The number of carbonyl (C=O) groups is 2. The molecule has 20 heavy (non-hydrogen) atoms. The second-order valence-corrected chi connectivity index (χ2v) is 5.33. The van der Waals surface area contributed by atoms with E-state index in [1.807, 2.05) is 0 Å². The zero-order valence-electron chi connectivity index (χ0n) is 10.6. The Hall–Kier alpha value is -1.98. The largest absolute Gasteiger partial charge is 0.481 e. The highest BCUT2D eigenvalue weighted by Crippen LogP contribution is 2.45. The molecule has 1 saturated carbocycles. The summed E-state index contributed by atoms with van der Waals surface area (Å²) in [6.07, 6.45) is 1.51. The minimum atomic E-state index is -1.11. The fraction of sp³-hybridized carbons (Fsp3) is 0.429. The molecule has 1 aliphatic heterocycles. The third kappa shape index (κ3) is 2.15. The molecule has 6 heteroatoms. The van der Waals surface area contributed by atoms with Crippen molar-refractivity contribution in [2.45, 2.75) is 31.3 Å². The highest BCUT2D eigenvalue weighted by molar-refractivity contribution is 5.87. The Bertz CT molecular complexity index is 566. The van der Waals surface area contributed by atoms with Gasteiger partial charge in [0, 0.05) is 18.5 Å². The van der Waals surface area contributed by atoms with Gasteiger partial charge in [-0.25, -0.2) is 8.78 Å². The number of hydrogen-bond acceptors (Lipinski definition) is 2. The van der Waals surface area contributed by atoms with Gasteiger partial charge in [-0.2, -0.15) is 0 Å². The summed E-state index contributed by atoms with van der Waals surface area (Å²) in [7, 11) is 0. The molecule has 2 unspecified atom stereocenters. The molecule has 1 heterocycles. The average Bonchev–Trinajstić information content (AvgIpc) is 3.11. The lowest BCUT2D eigenvalue weighted by atomic mass is 9.93. The van der Waals surface area contributed by atoms with Crippen LogP contribution in [0.15, 0.2) is 18.2 Å². The van der Waals surface area contributed by atoms with Crippen LogP contribution in [0.3, 0.4) is 0 Å². The molecule has 1 saturated heterocycles. The van der Waals surface area contributed by atoms with Crippen molar-refractivity contribution in [3.63, 3.8) is 0 Å². The number of hydrogen-bond donors (Lipinski definition) is 1. The summed E-state index contributed by atoms with van der Waals surface area (Å²) in [5.74, 6) is -3.85. The maximum absolute atomic E-state index is 13.4. The number of likely N-dealkylation sites (tertiary alicyclic amines) is 1. The second kappa shape index (κ2) is 4.54.